The lowest BCUT2D eigenvalue weighted by atomic mass is 9.95. The van der Waals surface area contributed by atoms with Gasteiger partial charge in [0.15, 0.2) is 10.6 Å². The molecule has 7 nitrogen and oxygen atoms in total. The Morgan fingerprint density at radius 2 is 1.74 bits per heavy atom. The largest absolute Gasteiger partial charge is 0.491 e. The number of benzene rings is 3. The van der Waals surface area contributed by atoms with Crippen LogP contribution >= 0.6 is 34.5 Å². The van der Waals surface area contributed by atoms with Gasteiger partial charge in [0.05, 0.1) is 38.6 Å². The van der Waals surface area contributed by atoms with Crippen molar-refractivity contribution in [2.75, 3.05) is 6.61 Å². The first kappa shape index (κ1) is 30.6. The summed E-state index contributed by atoms with van der Waals surface area (Å²) in [5.74, 6) is 0.396. The van der Waals surface area contributed by atoms with Crippen molar-refractivity contribution in [1.82, 2.24) is 4.57 Å². The number of halogens is 2. The van der Waals surface area contributed by atoms with Crippen LogP contribution in [0.4, 0.5) is 0 Å². The minimum atomic E-state index is -0.798. The Bertz CT molecular complexity index is 1860. The molecule has 5 rings (SSSR count). The van der Waals surface area contributed by atoms with Crippen LogP contribution < -0.4 is 24.4 Å². The molecule has 3 aromatic carbocycles. The van der Waals surface area contributed by atoms with Crippen LogP contribution in [0, 0.1) is 0 Å². The normalized spacial score (nSPS) is 14.9. The van der Waals surface area contributed by atoms with Gasteiger partial charge in [-0.3, -0.25) is 9.36 Å². The van der Waals surface area contributed by atoms with Gasteiger partial charge in [-0.25, -0.2) is 9.79 Å². The minimum absolute atomic E-state index is 0.123. The molecule has 0 N–H and O–H groups in total. The van der Waals surface area contributed by atoms with Gasteiger partial charge in [-0.2, -0.15) is 0 Å². The van der Waals surface area contributed by atoms with Gasteiger partial charge in [0.2, 0.25) is 0 Å². The second-order valence-electron chi connectivity index (χ2n) is 10.1. The predicted octanol–water partition coefficient (Wildman–Crippen LogP) is 6.47. The lowest BCUT2D eigenvalue weighted by molar-refractivity contribution is -0.139. The summed E-state index contributed by atoms with van der Waals surface area (Å²) < 4.78 is 19.3. The third-order valence-corrected chi connectivity index (χ3v) is 8.18. The van der Waals surface area contributed by atoms with Crippen molar-refractivity contribution in [3.8, 4) is 11.5 Å². The fourth-order valence-electron chi connectivity index (χ4n) is 4.84. The number of para-hydroxylation sites is 1. The lowest BCUT2D eigenvalue weighted by Crippen LogP contribution is -2.40. The minimum Gasteiger partial charge on any atom is -0.491 e. The van der Waals surface area contributed by atoms with E-state index in [1.165, 1.54) is 15.9 Å². The SMILES string of the molecule is CCOC(=O)C1=C(C)N=c2s/c(=C/c3cc(Cl)c(OCc4ccccc4)c(Cl)c3)c(=O)n2[C@@H]1c1ccccc1OC(C)C. The fraction of sp³-hybridized carbons (Fsp3) is 0.242. The van der Waals surface area contributed by atoms with Crippen LogP contribution in [-0.4, -0.2) is 23.2 Å². The number of ether oxygens (including phenoxy) is 3. The number of rotatable bonds is 9. The molecule has 2 heterocycles. The van der Waals surface area contributed by atoms with Crippen molar-refractivity contribution >= 4 is 46.6 Å². The summed E-state index contributed by atoms with van der Waals surface area (Å²) in [6.07, 6.45) is 1.58. The third kappa shape index (κ3) is 6.56. The summed E-state index contributed by atoms with van der Waals surface area (Å²) in [5.41, 5.74) is 2.69. The molecule has 4 aromatic rings. The van der Waals surface area contributed by atoms with E-state index in [9.17, 15) is 9.59 Å². The van der Waals surface area contributed by atoms with Gasteiger partial charge in [-0.1, -0.05) is 83.1 Å². The monoisotopic (exact) mass is 636 g/mol. The molecule has 0 fully saturated rings. The molecule has 0 saturated carbocycles. The average Bonchev–Trinajstić information content (AvgIpc) is 3.26. The highest BCUT2D eigenvalue weighted by atomic mass is 35.5. The van der Waals surface area contributed by atoms with Crippen LogP contribution in [0.15, 0.2) is 87.8 Å². The fourth-order valence-corrected chi connectivity index (χ4v) is 6.49. The van der Waals surface area contributed by atoms with E-state index in [1.807, 2.05) is 68.4 Å². The quantitative estimate of drug-likeness (QED) is 0.197. The molecule has 0 amide bonds. The van der Waals surface area contributed by atoms with Crippen LogP contribution in [0.1, 0.15) is 50.4 Å². The van der Waals surface area contributed by atoms with E-state index in [4.69, 9.17) is 37.4 Å². The van der Waals surface area contributed by atoms with Gasteiger partial charge >= 0.3 is 5.97 Å². The second-order valence-corrected chi connectivity index (χ2v) is 11.9. The lowest BCUT2D eigenvalue weighted by Gasteiger charge is -2.26. The second kappa shape index (κ2) is 13.2. The molecule has 0 bridgehead atoms. The number of esters is 1. The summed E-state index contributed by atoms with van der Waals surface area (Å²) >= 11 is 14.4. The Kier molecular flexibility index (Phi) is 9.40. The number of carbonyl (C=O) groups excluding carboxylic acids is 1. The van der Waals surface area contributed by atoms with E-state index in [1.54, 1.807) is 32.1 Å². The number of aromatic nitrogens is 1. The van der Waals surface area contributed by atoms with E-state index < -0.39 is 12.0 Å². The number of fused-ring (bicyclic) bond motifs is 1. The number of carbonyl (C=O) groups is 1. The molecule has 0 aliphatic carbocycles. The molecule has 10 heteroatoms. The average molecular weight is 638 g/mol. The summed E-state index contributed by atoms with van der Waals surface area (Å²) in [6, 6.07) is 19.7. The Morgan fingerprint density at radius 3 is 2.42 bits per heavy atom. The van der Waals surface area contributed by atoms with Crippen LogP contribution in [-0.2, 0) is 16.1 Å². The van der Waals surface area contributed by atoms with Crippen molar-refractivity contribution in [1.29, 1.82) is 0 Å². The molecule has 1 aliphatic heterocycles. The van der Waals surface area contributed by atoms with Crippen molar-refractivity contribution in [3.05, 3.63) is 124 Å². The maximum atomic E-state index is 14.0. The zero-order chi connectivity index (χ0) is 30.7. The molecule has 222 valence electrons. The molecule has 1 aliphatic rings. The molecule has 0 spiro atoms. The van der Waals surface area contributed by atoms with Crippen molar-refractivity contribution < 1.29 is 19.0 Å². The first-order valence-corrected chi connectivity index (χ1v) is 15.4. The van der Waals surface area contributed by atoms with Gasteiger partial charge in [0.25, 0.3) is 5.56 Å². The Balaban J connectivity index is 1.60. The smallest absolute Gasteiger partial charge is 0.338 e. The number of nitrogens with zero attached hydrogens (tertiary/aromatic N) is 2. The van der Waals surface area contributed by atoms with E-state index in [2.05, 4.69) is 4.99 Å². The van der Waals surface area contributed by atoms with Crippen molar-refractivity contribution in [2.24, 2.45) is 4.99 Å². The molecule has 0 saturated heterocycles. The van der Waals surface area contributed by atoms with Crippen molar-refractivity contribution in [3.63, 3.8) is 0 Å². The van der Waals surface area contributed by atoms with Crippen LogP contribution in [0.5, 0.6) is 11.5 Å². The highest BCUT2D eigenvalue weighted by Crippen LogP contribution is 2.37. The van der Waals surface area contributed by atoms with E-state index in [0.717, 1.165) is 5.56 Å². The Hall–Kier alpha value is -3.85. The Morgan fingerprint density at radius 1 is 1.07 bits per heavy atom. The predicted molar refractivity (Wildman–Crippen MR) is 170 cm³/mol. The Labute approximate surface area is 263 Å². The molecule has 1 aromatic heterocycles. The first-order valence-electron chi connectivity index (χ1n) is 13.8. The third-order valence-electron chi connectivity index (χ3n) is 6.64. The summed E-state index contributed by atoms with van der Waals surface area (Å²) in [7, 11) is 0. The number of allylic oxidation sites excluding steroid dienone is 1. The van der Waals surface area contributed by atoms with E-state index in [0.29, 0.717) is 54.3 Å². The standard InChI is InChI=1S/C33H30Cl2N2O5S/c1-5-40-32(39)28-20(4)36-33-37(29(28)23-13-9-10-14-26(23)42-19(2)3)31(38)27(43-33)17-22-15-24(34)30(25(35)16-22)41-18-21-11-7-6-8-12-21/h6-17,19,29H,5,18H2,1-4H3/b27-17+/t29-/m1/s1. The zero-order valence-electron chi connectivity index (χ0n) is 24.1. The van der Waals surface area contributed by atoms with Crippen molar-refractivity contribution in [2.45, 2.75) is 46.4 Å². The summed E-state index contributed by atoms with van der Waals surface area (Å²) in [6.45, 7) is 7.82. The zero-order valence-corrected chi connectivity index (χ0v) is 26.4. The maximum absolute atomic E-state index is 14.0. The molecule has 1 atom stereocenters. The van der Waals surface area contributed by atoms with E-state index >= 15 is 0 Å². The molecule has 0 unspecified atom stereocenters. The van der Waals surface area contributed by atoms with Crippen LogP contribution in [0.25, 0.3) is 6.08 Å². The summed E-state index contributed by atoms with van der Waals surface area (Å²) in [4.78, 5) is 32.4. The van der Waals surface area contributed by atoms with E-state index in [-0.39, 0.29) is 23.8 Å². The first-order chi connectivity index (χ1) is 20.7. The number of hydrogen-bond donors (Lipinski definition) is 0. The van der Waals surface area contributed by atoms with Gasteiger partial charge in [-0.05, 0) is 63.1 Å². The number of hydrogen-bond acceptors (Lipinski definition) is 7. The highest BCUT2D eigenvalue weighted by Gasteiger charge is 2.35. The van der Waals surface area contributed by atoms with Gasteiger partial charge in [0, 0.05) is 5.56 Å². The highest BCUT2D eigenvalue weighted by molar-refractivity contribution is 7.07. The summed E-state index contributed by atoms with van der Waals surface area (Å²) in [5, 5.41) is 0.640. The van der Waals surface area contributed by atoms with Gasteiger partial charge in [0.1, 0.15) is 18.4 Å². The molecule has 43 heavy (non-hydrogen) atoms. The molecular formula is C33H30Cl2N2O5S. The van der Waals surface area contributed by atoms with Gasteiger partial charge < -0.3 is 14.2 Å². The van der Waals surface area contributed by atoms with Gasteiger partial charge in [-0.15, -0.1) is 0 Å². The topological polar surface area (TPSA) is 79.1 Å². The molecular weight excluding hydrogens is 607 g/mol. The molecule has 0 radical (unpaired) electrons. The van der Waals surface area contributed by atoms with Crippen LogP contribution in [0.3, 0.4) is 0 Å². The number of thiazole rings is 1. The maximum Gasteiger partial charge on any atom is 0.338 e. The van der Waals surface area contributed by atoms with Crippen LogP contribution in [0.2, 0.25) is 10.0 Å².